The van der Waals surface area contributed by atoms with Gasteiger partial charge in [0.25, 0.3) is 0 Å². The van der Waals surface area contributed by atoms with Gasteiger partial charge in [0.2, 0.25) is 0 Å². The Hall–Kier alpha value is -0.250. The molecule has 4 heteroatoms. The highest BCUT2D eigenvalue weighted by atomic mass is 19.4. The SMILES string of the molecule is CC(C)OCCC[CH]C(F)(F)F. The standard InChI is InChI=1S/C8H14F3O/c1-7(2)12-6-4-3-5-8(9,10)11/h5,7H,3-4,6H2,1-2H3. The minimum absolute atomic E-state index is 0.0379. The van der Waals surface area contributed by atoms with E-state index in [2.05, 4.69) is 0 Å². The molecule has 0 aliphatic carbocycles. The fourth-order valence-corrected chi connectivity index (χ4v) is 0.668. The van der Waals surface area contributed by atoms with E-state index in [1.165, 1.54) is 0 Å². The van der Waals surface area contributed by atoms with Crippen LogP contribution in [0.3, 0.4) is 0 Å². The third-order valence-electron chi connectivity index (χ3n) is 1.18. The lowest BCUT2D eigenvalue weighted by atomic mass is 10.2. The van der Waals surface area contributed by atoms with Crippen LogP contribution in [0.25, 0.3) is 0 Å². The molecule has 0 unspecified atom stereocenters. The highest BCUT2D eigenvalue weighted by molar-refractivity contribution is 4.73. The fourth-order valence-electron chi connectivity index (χ4n) is 0.668. The van der Waals surface area contributed by atoms with Crippen molar-refractivity contribution >= 4 is 0 Å². The van der Waals surface area contributed by atoms with Gasteiger partial charge in [-0.05, 0) is 26.7 Å². The van der Waals surface area contributed by atoms with Crippen molar-refractivity contribution in [3.05, 3.63) is 6.42 Å². The number of unbranched alkanes of at least 4 members (excludes halogenated alkanes) is 1. The predicted molar refractivity (Wildman–Crippen MR) is 40.7 cm³/mol. The summed E-state index contributed by atoms with van der Waals surface area (Å²) in [6, 6.07) is 0. The number of alkyl halides is 3. The van der Waals surface area contributed by atoms with Crippen LogP contribution in [-0.2, 0) is 4.74 Å². The highest BCUT2D eigenvalue weighted by Gasteiger charge is 2.26. The summed E-state index contributed by atoms with van der Waals surface area (Å²) >= 11 is 0. The Morgan fingerprint density at radius 1 is 1.33 bits per heavy atom. The van der Waals surface area contributed by atoms with Gasteiger partial charge in [0.1, 0.15) is 0 Å². The van der Waals surface area contributed by atoms with Gasteiger partial charge in [0.05, 0.1) is 12.5 Å². The number of hydrogen-bond acceptors (Lipinski definition) is 1. The molecule has 0 N–H and O–H groups in total. The first-order chi connectivity index (χ1) is 5.42. The zero-order valence-corrected chi connectivity index (χ0v) is 7.32. The average molecular weight is 183 g/mol. The van der Waals surface area contributed by atoms with Gasteiger partial charge < -0.3 is 4.74 Å². The molecule has 0 saturated heterocycles. The van der Waals surface area contributed by atoms with E-state index in [0.717, 1.165) is 0 Å². The molecule has 0 bridgehead atoms. The van der Waals surface area contributed by atoms with E-state index in [-0.39, 0.29) is 12.5 Å². The van der Waals surface area contributed by atoms with Gasteiger partial charge in [-0.1, -0.05) is 0 Å². The van der Waals surface area contributed by atoms with Crippen LogP contribution in [0.4, 0.5) is 13.2 Å². The van der Waals surface area contributed by atoms with E-state index in [0.29, 0.717) is 19.4 Å². The second-order valence-corrected chi connectivity index (χ2v) is 2.81. The summed E-state index contributed by atoms with van der Waals surface area (Å²) in [7, 11) is 0. The Kier molecular flexibility index (Phi) is 5.29. The van der Waals surface area contributed by atoms with Gasteiger partial charge in [-0.15, -0.1) is 0 Å². The molecule has 0 rings (SSSR count). The summed E-state index contributed by atoms with van der Waals surface area (Å²) in [5.74, 6) is 0. The first kappa shape index (κ1) is 11.8. The smallest absolute Gasteiger partial charge is 0.379 e. The molecule has 1 radical (unpaired) electrons. The molecule has 0 fully saturated rings. The zero-order valence-electron chi connectivity index (χ0n) is 7.32. The number of ether oxygens (including phenoxy) is 1. The van der Waals surface area contributed by atoms with Gasteiger partial charge in [-0.3, -0.25) is 0 Å². The lowest BCUT2D eigenvalue weighted by Crippen LogP contribution is -2.09. The Morgan fingerprint density at radius 2 is 1.92 bits per heavy atom. The minimum Gasteiger partial charge on any atom is -0.379 e. The summed E-state index contributed by atoms with van der Waals surface area (Å²) in [4.78, 5) is 0. The van der Waals surface area contributed by atoms with E-state index < -0.39 is 6.18 Å². The van der Waals surface area contributed by atoms with E-state index in [1.54, 1.807) is 0 Å². The second-order valence-electron chi connectivity index (χ2n) is 2.81. The largest absolute Gasteiger partial charge is 0.392 e. The van der Waals surface area contributed by atoms with Crippen LogP contribution < -0.4 is 0 Å². The van der Waals surface area contributed by atoms with Gasteiger partial charge in [0.15, 0.2) is 0 Å². The summed E-state index contributed by atoms with van der Waals surface area (Å²) in [5.41, 5.74) is 0. The van der Waals surface area contributed by atoms with Gasteiger partial charge in [-0.2, -0.15) is 13.2 Å². The van der Waals surface area contributed by atoms with E-state index in [1.807, 2.05) is 13.8 Å². The monoisotopic (exact) mass is 183 g/mol. The van der Waals surface area contributed by atoms with Crippen molar-refractivity contribution in [3.8, 4) is 0 Å². The molecule has 0 heterocycles. The van der Waals surface area contributed by atoms with Gasteiger partial charge in [0, 0.05) is 6.61 Å². The van der Waals surface area contributed by atoms with Crippen molar-refractivity contribution < 1.29 is 17.9 Å². The Balaban J connectivity index is 3.12. The molecular weight excluding hydrogens is 169 g/mol. The van der Waals surface area contributed by atoms with Crippen molar-refractivity contribution in [2.75, 3.05) is 6.61 Å². The van der Waals surface area contributed by atoms with E-state index in [4.69, 9.17) is 4.74 Å². The number of halogens is 3. The number of hydrogen-bond donors (Lipinski definition) is 0. The van der Waals surface area contributed by atoms with Crippen LogP contribution in [0.15, 0.2) is 0 Å². The maximum Gasteiger partial charge on any atom is 0.392 e. The molecule has 0 aromatic rings. The van der Waals surface area contributed by atoms with Crippen LogP contribution >= 0.6 is 0 Å². The Bertz CT molecular complexity index is 109. The maximum absolute atomic E-state index is 11.5. The lowest BCUT2D eigenvalue weighted by Gasteiger charge is -2.07. The van der Waals surface area contributed by atoms with Crippen molar-refractivity contribution in [1.82, 2.24) is 0 Å². The third-order valence-corrected chi connectivity index (χ3v) is 1.18. The molecule has 0 aromatic heterocycles. The highest BCUT2D eigenvalue weighted by Crippen LogP contribution is 2.20. The van der Waals surface area contributed by atoms with Crippen LogP contribution in [0, 0.1) is 6.42 Å². The minimum atomic E-state index is -4.14. The van der Waals surface area contributed by atoms with Crippen molar-refractivity contribution in [2.45, 2.75) is 39.0 Å². The molecule has 12 heavy (non-hydrogen) atoms. The van der Waals surface area contributed by atoms with E-state index in [9.17, 15) is 13.2 Å². The first-order valence-electron chi connectivity index (χ1n) is 3.94. The molecule has 1 nitrogen and oxygen atoms in total. The second kappa shape index (κ2) is 5.41. The third kappa shape index (κ3) is 9.75. The summed E-state index contributed by atoms with van der Waals surface area (Å²) in [6.45, 7) is 4.10. The lowest BCUT2D eigenvalue weighted by molar-refractivity contribution is -0.0988. The molecule has 0 atom stereocenters. The van der Waals surface area contributed by atoms with Gasteiger partial charge >= 0.3 is 6.18 Å². The Labute approximate surface area is 70.9 Å². The molecule has 0 aliphatic heterocycles. The molecule has 73 valence electrons. The van der Waals surface area contributed by atoms with Crippen molar-refractivity contribution in [2.24, 2.45) is 0 Å². The summed E-state index contributed by atoms with van der Waals surface area (Å²) in [6.07, 6.45) is -3.22. The Morgan fingerprint density at radius 3 is 2.33 bits per heavy atom. The molecule has 0 spiro atoms. The van der Waals surface area contributed by atoms with Crippen molar-refractivity contribution in [3.63, 3.8) is 0 Å². The fraction of sp³-hybridized carbons (Fsp3) is 0.875. The van der Waals surface area contributed by atoms with Crippen LogP contribution in [0.2, 0.25) is 0 Å². The number of rotatable bonds is 5. The molecule has 0 aromatic carbocycles. The predicted octanol–water partition coefficient (Wildman–Crippen LogP) is 2.96. The molecule has 0 amide bonds. The average Bonchev–Trinajstić information content (AvgIpc) is 1.83. The normalized spacial score (nSPS) is 12.5. The molecule has 0 saturated carbocycles. The van der Waals surface area contributed by atoms with Crippen LogP contribution in [0.1, 0.15) is 26.7 Å². The zero-order chi connectivity index (χ0) is 9.61. The quantitative estimate of drug-likeness (QED) is 0.595. The van der Waals surface area contributed by atoms with E-state index >= 15 is 0 Å². The summed E-state index contributed by atoms with van der Waals surface area (Å²) in [5, 5.41) is 0. The topological polar surface area (TPSA) is 9.23 Å². The molecular formula is C8H14F3O. The van der Waals surface area contributed by atoms with Crippen LogP contribution in [-0.4, -0.2) is 18.9 Å². The summed E-state index contributed by atoms with van der Waals surface area (Å²) < 4.78 is 39.7. The first-order valence-corrected chi connectivity index (χ1v) is 3.94. The van der Waals surface area contributed by atoms with Crippen LogP contribution in [0.5, 0.6) is 0 Å². The van der Waals surface area contributed by atoms with Crippen molar-refractivity contribution in [1.29, 1.82) is 0 Å². The maximum atomic E-state index is 11.5. The van der Waals surface area contributed by atoms with Gasteiger partial charge in [-0.25, -0.2) is 0 Å². The molecule has 0 aliphatic rings.